The van der Waals surface area contributed by atoms with Gasteiger partial charge in [0.15, 0.2) is 0 Å². The van der Waals surface area contributed by atoms with Gasteiger partial charge < -0.3 is 9.47 Å². The summed E-state index contributed by atoms with van der Waals surface area (Å²) in [7, 11) is 1.58. The first-order valence-corrected chi connectivity index (χ1v) is 6.13. The predicted octanol–water partition coefficient (Wildman–Crippen LogP) is 3.35. The van der Waals surface area contributed by atoms with Crippen molar-refractivity contribution in [1.29, 1.82) is 0 Å². The Bertz CT molecular complexity index is 669. The molecular weight excluding hydrogens is 274 g/mol. The first kappa shape index (κ1) is 14.7. The van der Waals surface area contributed by atoms with E-state index >= 15 is 0 Å². The standard InChI is InChI=1S/C15H13NO5/c1-20-10-12-3-2-4-13(7-12)21-15-6-5-11(9-17)8-14(15)16(18)19/h2-9H,10H2,1H3. The van der Waals surface area contributed by atoms with Crippen LogP contribution in [-0.4, -0.2) is 18.3 Å². The highest BCUT2D eigenvalue weighted by molar-refractivity contribution is 5.77. The Kier molecular flexibility index (Phi) is 4.63. The van der Waals surface area contributed by atoms with Crippen LogP contribution in [0.5, 0.6) is 11.5 Å². The molecule has 108 valence electrons. The molecule has 0 N–H and O–H groups in total. The first-order valence-electron chi connectivity index (χ1n) is 6.13. The van der Waals surface area contributed by atoms with Crippen LogP contribution in [0.15, 0.2) is 42.5 Å². The van der Waals surface area contributed by atoms with E-state index in [1.807, 2.05) is 6.07 Å². The van der Waals surface area contributed by atoms with E-state index in [1.165, 1.54) is 18.2 Å². The Morgan fingerprint density at radius 2 is 2.05 bits per heavy atom. The average Bonchev–Trinajstić information content (AvgIpc) is 2.48. The van der Waals surface area contributed by atoms with Crippen LogP contribution in [0.2, 0.25) is 0 Å². The van der Waals surface area contributed by atoms with Gasteiger partial charge in [-0.05, 0) is 29.8 Å². The van der Waals surface area contributed by atoms with E-state index in [4.69, 9.17) is 9.47 Å². The highest BCUT2D eigenvalue weighted by atomic mass is 16.6. The lowest BCUT2D eigenvalue weighted by Gasteiger charge is -2.08. The third-order valence-electron chi connectivity index (χ3n) is 2.75. The molecule has 6 nitrogen and oxygen atoms in total. The van der Waals surface area contributed by atoms with Gasteiger partial charge in [-0.25, -0.2) is 0 Å². The Balaban J connectivity index is 2.32. The normalized spacial score (nSPS) is 10.1. The molecule has 0 amide bonds. The number of carbonyl (C=O) groups excluding carboxylic acids is 1. The lowest BCUT2D eigenvalue weighted by molar-refractivity contribution is -0.385. The number of hydrogen-bond donors (Lipinski definition) is 0. The van der Waals surface area contributed by atoms with E-state index < -0.39 is 4.92 Å². The molecule has 0 fully saturated rings. The van der Waals surface area contributed by atoms with Gasteiger partial charge in [0.1, 0.15) is 12.0 Å². The molecule has 0 saturated heterocycles. The van der Waals surface area contributed by atoms with Gasteiger partial charge in [-0.15, -0.1) is 0 Å². The quantitative estimate of drug-likeness (QED) is 0.462. The summed E-state index contributed by atoms with van der Waals surface area (Å²) in [6.07, 6.45) is 0.552. The summed E-state index contributed by atoms with van der Waals surface area (Å²) in [6.45, 7) is 0.420. The first-order chi connectivity index (χ1) is 10.1. The van der Waals surface area contributed by atoms with E-state index in [0.717, 1.165) is 5.56 Å². The maximum atomic E-state index is 11.0. The largest absolute Gasteiger partial charge is 0.450 e. The van der Waals surface area contributed by atoms with Gasteiger partial charge in [0, 0.05) is 18.7 Å². The van der Waals surface area contributed by atoms with Crippen LogP contribution in [0.1, 0.15) is 15.9 Å². The number of benzene rings is 2. The summed E-state index contributed by atoms with van der Waals surface area (Å²) in [5.41, 5.74) is 0.862. The molecule has 0 aliphatic rings. The van der Waals surface area contributed by atoms with Gasteiger partial charge in [0.05, 0.1) is 11.5 Å². The fraction of sp³-hybridized carbons (Fsp3) is 0.133. The van der Waals surface area contributed by atoms with E-state index in [-0.39, 0.29) is 17.0 Å². The van der Waals surface area contributed by atoms with Crippen molar-refractivity contribution < 1.29 is 19.2 Å². The second kappa shape index (κ2) is 6.62. The van der Waals surface area contributed by atoms with E-state index in [2.05, 4.69) is 0 Å². The summed E-state index contributed by atoms with van der Waals surface area (Å²) >= 11 is 0. The van der Waals surface area contributed by atoms with Crippen molar-refractivity contribution in [2.24, 2.45) is 0 Å². The van der Waals surface area contributed by atoms with E-state index in [9.17, 15) is 14.9 Å². The molecule has 0 saturated carbocycles. The number of hydrogen-bond acceptors (Lipinski definition) is 5. The van der Waals surface area contributed by atoms with Crippen LogP contribution >= 0.6 is 0 Å². The van der Waals surface area contributed by atoms with E-state index in [1.54, 1.807) is 25.3 Å². The summed E-state index contributed by atoms with van der Waals surface area (Å²) in [5, 5.41) is 11.0. The summed E-state index contributed by atoms with van der Waals surface area (Å²) in [6, 6.07) is 11.1. The van der Waals surface area contributed by atoms with Crippen molar-refractivity contribution in [3.05, 3.63) is 63.7 Å². The van der Waals surface area contributed by atoms with Gasteiger partial charge in [-0.2, -0.15) is 0 Å². The van der Waals surface area contributed by atoms with Crippen molar-refractivity contribution in [3.8, 4) is 11.5 Å². The summed E-state index contributed by atoms with van der Waals surface area (Å²) < 4.78 is 10.6. The molecule has 0 atom stereocenters. The van der Waals surface area contributed by atoms with Crippen LogP contribution in [0.25, 0.3) is 0 Å². The number of methoxy groups -OCH3 is 1. The number of nitrogens with zero attached hydrogens (tertiary/aromatic N) is 1. The van der Waals surface area contributed by atoms with Crippen molar-refractivity contribution in [1.82, 2.24) is 0 Å². The summed E-state index contributed by atoms with van der Waals surface area (Å²) in [5.74, 6) is 0.548. The molecule has 0 unspecified atom stereocenters. The zero-order valence-electron chi connectivity index (χ0n) is 11.3. The SMILES string of the molecule is COCc1cccc(Oc2ccc(C=O)cc2[N+](=O)[O-])c1. The number of carbonyl (C=O) groups is 1. The monoisotopic (exact) mass is 287 g/mol. The van der Waals surface area contributed by atoms with Gasteiger partial charge in [0.2, 0.25) is 5.75 Å². The molecule has 0 aromatic heterocycles. The fourth-order valence-electron chi connectivity index (χ4n) is 1.83. The predicted molar refractivity (Wildman–Crippen MR) is 75.7 cm³/mol. The number of aldehydes is 1. The topological polar surface area (TPSA) is 78.7 Å². The molecule has 2 aromatic carbocycles. The van der Waals surface area contributed by atoms with Crippen molar-refractivity contribution >= 4 is 12.0 Å². The lowest BCUT2D eigenvalue weighted by atomic mass is 10.2. The minimum atomic E-state index is -0.582. The second-order valence-corrected chi connectivity index (χ2v) is 4.28. The molecule has 2 rings (SSSR count). The smallest absolute Gasteiger partial charge is 0.312 e. The Labute approximate surface area is 121 Å². The Morgan fingerprint density at radius 3 is 2.71 bits per heavy atom. The number of ether oxygens (including phenoxy) is 2. The number of rotatable bonds is 6. The lowest BCUT2D eigenvalue weighted by Crippen LogP contribution is -1.95. The molecular formula is C15H13NO5. The van der Waals surface area contributed by atoms with Crippen molar-refractivity contribution in [2.45, 2.75) is 6.61 Å². The van der Waals surface area contributed by atoms with Gasteiger partial charge >= 0.3 is 5.69 Å². The van der Waals surface area contributed by atoms with Crippen molar-refractivity contribution in [2.75, 3.05) is 7.11 Å². The van der Waals surface area contributed by atoms with Gasteiger partial charge in [-0.1, -0.05) is 12.1 Å². The maximum Gasteiger partial charge on any atom is 0.312 e. The highest BCUT2D eigenvalue weighted by Gasteiger charge is 2.16. The number of nitro benzene ring substituents is 1. The van der Waals surface area contributed by atoms with Gasteiger partial charge in [0.25, 0.3) is 0 Å². The third-order valence-corrected chi connectivity index (χ3v) is 2.75. The van der Waals surface area contributed by atoms with Crippen LogP contribution in [-0.2, 0) is 11.3 Å². The molecule has 0 aliphatic heterocycles. The summed E-state index contributed by atoms with van der Waals surface area (Å²) in [4.78, 5) is 21.1. The molecule has 0 heterocycles. The van der Waals surface area contributed by atoms with Crippen molar-refractivity contribution in [3.63, 3.8) is 0 Å². The molecule has 0 aliphatic carbocycles. The third kappa shape index (κ3) is 3.64. The molecule has 2 aromatic rings. The minimum absolute atomic E-state index is 0.0835. The molecule has 0 spiro atoms. The Morgan fingerprint density at radius 1 is 1.24 bits per heavy atom. The second-order valence-electron chi connectivity index (χ2n) is 4.28. The Hall–Kier alpha value is -2.73. The molecule has 21 heavy (non-hydrogen) atoms. The zero-order chi connectivity index (χ0) is 15.2. The zero-order valence-corrected chi connectivity index (χ0v) is 11.3. The molecule has 0 radical (unpaired) electrons. The van der Waals surface area contributed by atoms with Crippen LogP contribution in [0.4, 0.5) is 5.69 Å². The van der Waals surface area contributed by atoms with Crippen LogP contribution in [0.3, 0.4) is 0 Å². The highest BCUT2D eigenvalue weighted by Crippen LogP contribution is 2.32. The van der Waals surface area contributed by atoms with E-state index in [0.29, 0.717) is 18.6 Å². The molecule has 0 bridgehead atoms. The van der Waals surface area contributed by atoms with Crippen LogP contribution in [0, 0.1) is 10.1 Å². The van der Waals surface area contributed by atoms with Gasteiger partial charge in [-0.3, -0.25) is 14.9 Å². The number of nitro groups is 1. The average molecular weight is 287 g/mol. The maximum absolute atomic E-state index is 11.0. The van der Waals surface area contributed by atoms with Crippen LogP contribution < -0.4 is 4.74 Å². The minimum Gasteiger partial charge on any atom is -0.450 e. The fourth-order valence-corrected chi connectivity index (χ4v) is 1.83. The molecule has 6 heteroatoms.